The third kappa shape index (κ3) is 1380. The Morgan fingerprint density at radius 1 is 0.750 bits per heavy atom. The predicted molar refractivity (Wildman–Crippen MR) is 20.2 cm³/mol. The van der Waals surface area contributed by atoms with Crippen LogP contribution in [0.1, 0.15) is 0 Å². The van der Waals surface area contributed by atoms with Gasteiger partial charge in [-0.15, -0.1) is 0 Å². The van der Waals surface area contributed by atoms with Crippen molar-refractivity contribution in [3.05, 3.63) is 0 Å². The molecule has 0 bridgehead atoms. The van der Waals surface area contributed by atoms with Gasteiger partial charge >= 0.3 is 0 Å². The highest BCUT2D eigenvalue weighted by molar-refractivity contribution is 7.45. The van der Waals surface area contributed by atoms with Crippen LogP contribution in [0, 0.1) is 9.56 Å². The fraction of sp³-hybridized carbons (Fsp3) is 0. The molecule has 0 saturated carbocycles. The Morgan fingerprint density at radius 2 is 0.750 bits per heavy atom. The Kier molecular flexibility index (Phi) is 17700. The summed E-state index contributed by atoms with van der Waals surface area (Å²) >= 11 is 6.67. The lowest BCUT2D eigenvalue weighted by Crippen LogP contribution is -0.668. The van der Waals surface area contributed by atoms with Crippen LogP contribution in [-0.4, -0.2) is 0 Å². The maximum absolute atomic E-state index is 5.33. The van der Waals surface area contributed by atoms with E-state index in [1.807, 2.05) is 0 Å². The monoisotopic (exact) mass is 94.0 g/mol. The van der Waals surface area contributed by atoms with Crippen molar-refractivity contribution in [2.75, 3.05) is 0 Å². The maximum atomic E-state index is 5.33. The van der Waals surface area contributed by atoms with E-state index in [9.17, 15) is 0 Å². The van der Waals surface area contributed by atoms with Gasteiger partial charge in [0.15, 0.2) is 0 Å². The van der Waals surface area contributed by atoms with Gasteiger partial charge in [0.2, 0.25) is 0 Å². The summed E-state index contributed by atoms with van der Waals surface area (Å²) in [6, 6.07) is 0. The average Bonchev–Trinajstić information content (AvgIpc) is 1.50. The van der Waals surface area contributed by atoms with Gasteiger partial charge in [-0.1, -0.05) is 0 Å². The summed E-state index contributed by atoms with van der Waals surface area (Å²) in [6.07, 6.45) is 0. The van der Waals surface area contributed by atoms with E-state index in [0.717, 1.165) is 0 Å². The zero-order chi connectivity index (χ0) is 4.00. The van der Waals surface area contributed by atoms with Crippen LogP contribution in [-0.2, 0) is 24.9 Å². The summed E-state index contributed by atoms with van der Waals surface area (Å²) in [5.41, 5.74) is 0. The lowest BCUT2D eigenvalue weighted by atomic mass is 14.0. The molecule has 0 rings (SSSR count). The van der Waals surface area contributed by atoms with Gasteiger partial charge in [-0.05, 0) is 0 Å². The Balaban J connectivity index is 0. The first kappa shape index (κ1) is 8.97. The van der Waals surface area contributed by atoms with Crippen molar-refractivity contribution in [2.24, 2.45) is 0 Å². The van der Waals surface area contributed by atoms with Crippen LogP contribution in [0.25, 0.3) is 0 Å². The number of hydrogen-bond acceptors (Lipinski definition) is 4. The second-order valence-corrected chi connectivity index (χ2v) is 0. The Hall–Kier alpha value is 0.0400. The Labute approximate surface area is 35.1 Å². The zero-order valence-electron chi connectivity index (χ0n) is 1.82. The molecule has 0 aromatic heterocycles. The second-order valence-electron chi connectivity index (χ2n) is 0. The fourth-order valence-corrected chi connectivity index (χ4v) is 0. The Bertz CT molecular complexity index is 6.00. The van der Waals surface area contributed by atoms with E-state index < -0.39 is 0 Å². The van der Waals surface area contributed by atoms with E-state index >= 15 is 0 Å². The van der Waals surface area contributed by atoms with E-state index in [0.29, 0.717) is 0 Å². The minimum Gasteiger partial charge on any atom is -0.235 e. The molecule has 0 amide bonds. The first-order valence-corrected chi connectivity index (χ1v) is 1.22. The van der Waals surface area contributed by atoms with E-state index in [1.54, 1.807) is 0 Å². The van der Waals surface area contributed by atoms with Crippen LogP contribution >= 0.6 is 0 Å². The van der Waals surface area contributed by atoms with Crippen LogP contribution in [0.2, 0.25) is 0 Å². The van der Waals surface area contributed by atoms with Crippen LogP contribution in [0.15, 0.2) is 0 Å². The van der Waals surface area contributed by atoms with Crippen molar-refractivity contribution in [1.29, 1.82) is 9.56 Å². The van der Waals surface area contributed by atoms with Crippen LogP contribution in [0.5, 0.6) is 0 Å². The quantitative estimate of drug-likeness (QED) is 0.461. The first-order valence-electron chi connectivity index (χ1n) is 0.408. The van der Waals surface area contributed by atoms with Crippen molar-refractivity contribution in [2.45, 2.75) is 0 Å². The van der Waals surface area contributed by atoms with E-state index in [-0.39, 0.29) is 0 Å². The molecule has 0 atom stereocenters. The molecule has 0 heterocycles. The van der Waals surface area contributed by atoms with Crippen molar-refractivity contribution in [3.63, 3.8) is 0 Å². The molecule has 4 heavy (non-hydrogen) atoms. The normalized spacial score (nSPS) is 2.00. The Morgan fingerprint density at radius 3 is 0.750 bits per heavy atom. The smallest absolute Gasteiger partial charge is 0.0324 e. The van der Waals surface area contributed by atoms with Gasteiger partial charge < -0.3 is 0 Å². The van der Waals surface area contributed by atoms with E-state index in [2.05, 4.69) is 24.9 Å². The molecule has 0 aromatic carbocycles. The highest BCUT2D eigenvalue weighted by Gasteiger charge is 0.620. The van der Waals surface area contributed by atoms with Crippen molar-refractivity contribution >= 4 is 24.9 Å². The zero-order valence-corrected chi connectivity index (χ0v) is 3.45. The van der Waals surface area contributed by atoms with Gasteiger partial charge in [-0.3, -0.25) is 0 Å². The van der Waals surface area contributed by atoms with Crippen LogP contribution < -0.4 is 0 Å². The topological polar surface area (TPSA) is 47.7 Å². The third-order valence-corrected chi connectivity index (χ3v) is 0. The van der Waals surface area contributed by atoms with E-state index in [1.165, 1.54) is 0 Å². The van der Waals surface area contributed by atoms with Crippen molar-refractivity contribution in [3.8, 4) is 0 Å². The second kappa shape index (κ2) is 7910. The number of rotatable bonds is 0. The van der Waals surface area contributed by atoms with E-state index in [4.69, 9.17) is 9.56 Å². The summed E-state index contributed by atoms with van der Waals surface area (Å²) in [7, 11) is 0. The molecule has 0 aromatic rings. The lowest BCUT2D eigenvalue weighted by Gasteiger charge is -0.821. The van der Waals surface area contributed by atoms with Gasteiger partial charge in [0.25, 0.3) is 0 Å². The van der Waals surface area contributed by atoms with Crippen LogP contribution in [0.3, 0.4) is 0 Å². The molecule has 0 fully saturated rings. The molecule has 0 unspecified atom stereocenters. The molecular formula is H2N2S2. The molecule has 4 heteroatoms. The third-order valence-electron chi connectivity index (χ3n) is 0. The summed E-state index contributed by atoms with van der Waals surface area (Å²) < 4.78 is 10.7. The summed E-state index contributed by atoms with van der Waals surface area (Å²) in [6.45, 7) is 0. The highest BCUT2D eigenvalue weighted by atomic mass is 32.1. The minimum absolute atomic E-state index is 3.33. The predicted octanol–water partition coefficient (Wildman–Crippen LogP) is 0.591. The standard InChI is InChI=1S/2HNS/c2*1-2/h2*1H. The van der Waals surface area contributed by atoms with Crippen LogP contribution in [0.4, 0.5) is 0 Å². The first-order chi connectivity index (χ1) is 2.00. The maximum Gasteiger partial charge on any atom is 0.0324 e. The molecule has 2 nitrogen and oxygen atoms in total. The summed E-state index contributed by atoms with van der Waals surface area (Å²) in [5.74, 6) is 0. The molecular weight excluding hydrogens is 92.1 g/mol. The molecule has 0 aliphatic heterocycles. The van der Waals surface area contributed by atoms with Gasteiger partial charge in [-0.25, -0.2) is 9.56 Å². The molecule has 0 saturated heterocycles. The molecule has 0 aliphatic carbocycles. The number of hydrogen-bond donors (Lipinski definition) is 2. The molecule has 0 radical (unpaired) electrons. The lowest BCUT2D eigenvalue weighted by molar-refractivity contribution is 1.67. The minimum atomic E-state index is 3.33. The van der Waals surface area contributed by atoms with Gasteiger partial charge in [0, 0.05) is 24.9 Å². The average molecular weight is 94.2 g/mol. The molecule has 0 spiro atoms. The van der Waals surface area contributed by atoms with Crippen molar-refractivity contribution in [1.82, 2.24) is 0 Å². The fourth-order valence-electron chi connectivity index (χ4n) is 0. The van der Waals surface area contributed by atoms with Crippen molar-refractivity contribution < 1.29 is 0 Å². The van der Waals surface area contributed by atoms with Gasteiger partial charge in [0.1, 0.15) is 0 Å². The molecule has 24 valence electrons. The molecule has 2 N–H and O–H groups in total. The van der Waals surface area contributed by atoms with Gasteiger partial charge in [0.05, 0.1) is 0 Å². The summed E-state index contributed by atoms with van der Waals surface area (Å²) in [5, 5.41) is 0. The molecule has 0 aliphatic rings. The SMILES string of the molecule is N=S.N=S. The summed E-state index contributed by atoms with van der Waals surface area (Å²) in [4.78, 5) is 0. The highest BCUT2D eigenvalue weighted by Crippen LogP contribution is 0.751. The number of nitrogens with one attached hydrogen (secondary N) is 2. The van der Waals surface area contributed by atoms with Gasteiger partial charge in [-0.2, -0.15) is 0 Å². The largest absolute Gasteiger partial charge is 0.235 e.